The molecule has 0 heterocycles. The van der Waals surface area contributed by atoms with Gasteiger partial charge < -0.3 is 5.73 Å². The summed E-state index contributed by atoms with van der Waals surface area (Å²) in [5.74, 6) is -1.19. The fraction of sp³-hybridized carbons (Fsp3) is 0.222. The first kappa shape index (κ1) is 11.5. The maximum Gasteiger partial charge on any atom is 0.417 e. The van der Waals surface area contributed by atoms with Crippen LogP contribution in [0.5, 0.6) is 0 Å². The normalized spacial score (nSPS) is 11.5. The number of benzene rings is 1. The Morgan fingerprint density at radius 3 is 2.33 bits per heavy atom. The van der Waals surface area contributed by atoms with Gasteiger partial charge in [-0.2, -0.15) is 13.2 Å². The Balaban J connectivity index is 3.36. The zero-order chi connectivity index (χ0) is 11.6. The molecule has 0 fully saturated rings. The molecule has 0 spiro atoms. The molecule has 0 saturated heterocycles. The minimum absolute atomic E-state index is 0.146. The Labute approximate surface area is 82.7 Å². The minimum Gasteiger partial charge on any atom is -0.366 e. The summed E-state index contributed by atoms with van der Waals surface area (Å²) in [6.07, 6.45) is -4.71. The standard InChI is InChI=1S/C9H7F4NO/c10-4-5-1-2-6(8(14)15)7(3-5)9(11,12)13/h1-3H,4H2,(H2,14,15). The maximum absolute atomic E-state index is 12.4. The molecule has 0 aliphatic carbocycles. The van der Waals surface area contributed by atoms with E-state index in [4.69, 9.17) is 5.73 Å². The molecule has 0 aliphatic rings. The van der Waals surface area contributed by atoms with Gasteiger partial charge >= 0.3 is 6.18 Å². The number of rotatable bonds is 2. The van der Waals surface area contributed by atoms with E-state index in [2.05, 4.69) is 0 Å². The molecule has 1 aromatic carbocycles. The van der Waals surface area contributed by atoms with Gasteiger partial charge in [0, 0.05) is 0 Å². The van der Waals surface area contributed by atoms with Crippen LogP contribution in [0.25, 0.3) is 0 Å². The molecule has 15 heavy (non-hydrogen) atoms. The van der Waals surface area contributed by atoms with Crippen molar-refractivity contribution in [3.05, 3.63) is 34.9 Å². The number of carbonyl (C=O) groups is 1. The Hall–Kier alpha value is -1.59. The largest absolute Gasteiger partial charge is 0.417 e. The molecule has 0 saturated carbocycles. The number of hydrogen-bond donors (Lipinski definition) is 1. The van der Waals surface area contributed by atoms with E-state index < -0.39 is 29.9 Å². The molecule has 0 radical (unpaired) electrons. The highest BCUT2D eigenvalue weighted by Gasteiger charge is 2.34. The Morgan fingerprint density at radius 1 is 1.33 bits per heavy atom. The fourth-order valence-corrected chi connectivity index (χ4v) is 1.12. The molecule has 6 heteroatoms. The highest BCUT2D eigenvalue weighted by Crippen LogP contribution is 2.32. The Kier molecular flexibility index (Phi) is 2.97. The number of carbonyl (C=O) groups excluding carboxylic acids is 1. The molecule has 0 bridgehead atoms. The lowest BCUT2D eigenvalue weighted by Gasteiger charge is -2.11. The maximum atomic E-state index is 12.4. The lowest BCUT2D eigenvalue weighted by atomic mass is 10.0. The molecule has 2 N–H and O–H groups in total. The fourth-order valence-electron chi connectivity index (χ4n) is 1.12. The molecular weight excluding hydrogens is 214 g/mol. The molecule has 1 aromatic rings. The summed E-state index contributed by atoms with van der Waals surface area (Å²) in [6, 6.07) is 2.55. The van der Waals surface area contributed by atoms with Crippen molar-refractivity contribution in [3.63, 3.8) is 0 Å². The molecule has 0 unspecified atom stereocenters. The zero-order valence-electron chi connectivity index (χ0n) is 7.44. The van der Waals surface area contributed by atoms with Gasteiger partial charge in [-0.25, -0.2) is 4.39 Å². The van der Waals surface area contributed by atoms with Crippen LogP contribution in [-0.2, 0) is 12.9 Å². The van der Waals surface area contributed by atoms with E-state index in [-0.39, 0.29) is 5.56 Å². The Morgan fingerprint density at radius 2 is 1.93 bits per heavy atom. The Bertz CT molecular complexity index is 386. The molecule has 1 amide bonds. The van der Waals surface area contributed by atoms with Gasteiger partial charge in [0.05, 0.1) is 11.1 Å². The van der Waals surface area contributed by atoms with Crippen LogP contribution >= 0.6 is 0 Å². The molecule has 0 aromatic heterocycles. The first-order valence-electron chi connectivity index (χ1n) is 3.92. The molecule has 2 nitrogen and oxygen atoms in total. The smallest absolute Gasteiger partial charge is 0.366 e. The summed E-state index contributed by atoms with van der Waals surface area (Å²) in [6.45, 7) is -1.03. The SMILES string of the molecule is NC(=O)c1ccc(CF)cc1C(F)(F)F. The van der Waals surface area contributed by atoms with Crippen LogP contribution < -0.4 is 5.73 Å². The number of hydrogen-bond acceptors (Lipinski definition) is 1. The average molecular weight is 221 g/mol. The molecule has 82 valence electrons. The van der Waals surface area contributed by atoms with Crippen LogP contribution in [0.15, 0.2) is 18.2 Å². The number of halogens is 4. The van der Waals surface area contributed by atoms with Crippen molar-refractivity contribution in [1.82, 2.24) is 0 Å². The monoisotopic (exact) mass is 221 g/mol. The van der Waals surface area contributed by atoms with E-state index >= 15 is 0 Å². The summed E-state index contributed by atoms with van der Waals surface area (Å²) in [4.78, 5) is 10.7. The first-order valence-corrected chi connectivity index (χ1v) is 3.92. The van der Waals surface area contributed by atoms with Gasteiger partial charge in [0.2, 0.25) is 5.91 Å². The van der Waals surface area contributed by atoms with Crippen molar-refractivity contribution in [2.45, 2.75) is 12.9 Å². The highest BCUT2D eigenvalue weighted by molar-refractivity contribution is 5.94. The highest BCUT2D eigenvalue weighted by atomic mass is 19.4. The summed E-state index contributed by atoms with van der Waals surface area (Å²) >= 11 is 0. The van der Waals surface area contributed by atoms with Gasteiger partial charge in [-0.05, 0) is 17.7 Å². The van der Waals surface area contributed by atoms with Crippen molar-refractivity contribution in [2.75, 3.05) is 0 Å². The van der Waals surface area contributed by atoms with Crippen LogP contribution in [-0.4, -0.2) is 5.91 Å². The van der Waals surface area contributed by atoms with Gasteiger partial charge in [0.15, 0.2) is 0 Å². The third kappa shape index (κ3) is 2.45. The predicted octanol–water partition coefficient (Wildman–Crippen LogP) is 2.27. The second-order valence-corrected chi connectivity index (χ2v) is 2.88. The van der Waals surface area contributed by atoms with Crippen LogP contribution in [0.4, 0.5) is 17.6 Å². The van der Waals surface area contributed by atoms with Gasteiger partial charge in [-0.3, -0.25) is 4.79 Å². The second kappa shape index (κ2) is 3.88. The lowest BCUT2D eigenvalue weighted by Crippen LogP contribution is -2.19. The van der Waals surface area contributed by atoms with Gasteiger partial charge in [0.25, 0.3) is 0 Å². The van der Waals surface area contributed by atoms with Gasteiger partial charge in [-0.1, -0.05) is 6.07 Å². The second-order valence-electron chi connectivity index (χ2n) is 2.88. The van der Waals surface area contributed by atoms with Crippen molar-refractivity contribution >= 4 is 5.91 Å². The summed E-state index contributed by atoms with van der Waals surface area (Å²) < 4.78 is 49.3. The number of amides is 1. The van der Waals surface area contributed by atoms with Gasteiger partial charge in [-0.15, -0.1) is 0 Å². The topological polar surface area (TPSA) is 43.1 Å². The molecule has 0 aliphatic heterocycles. The molecule has 0 atom stereocenters. The van der Waals surface area contributed by atoms with Gasteiger partial charge in [0.1, 0.15) is 6.67 Å². The zero-order valence-corrected chi connectivity index (χ0v) is 7.44. The van der Waals surface area contributed by atoms with Crippen molar-refractivity contribution in [1.29, 1.82) is 0 Å². The van der Waals surface area contributed by atoms with E-state index in [1.165, 1.54) is 0 Å². The van der Waals surface area contributed by atoms with Crippen LogP contribution in [0, 0.1) is 0 Å². The van der Waals surface area contributed by atoms with E-state index in [1.54, 1.807) is 0 Å². The van der Waals surface area contributed by atoms with Crippen LogP contribution in [0.2, 0.25) is 0 Å². The van der Waals surface area contributed by atoms with E-state index in [1.807, 2.05) is 0 Å². The number of primary amides is 1. The minimum atomic E-state index is -4.71. The predicted molar refractivity (Wildman–Crippen MR) is 44.8 cm³/mol. The molecule has 1 rings (SSSR count). The van der Waals surface area contributed by atoms with Crippen molar-refractivity contribution in [3.8, 4) is 0 Å². The number of alkyl halides is 4. The van der Waals surface area contributed by atoms with E-state index in [9.17, 15) is 22.4 Å². The summed E-state index contributed by atoms with van der Waals surface area (Å²) in [5.41, 5.74) is 2.77. The quantitative estimate of drug-likeness (QED) is 0.765. The van der Waals surface area contributed by atoms with E-state index in [0.717, 1.165) is 12.1 Å². The third-order valence-corrected chi connectivity index (χ3v) is 1.81. The lowest BCUT2D eigenvalue weighted by molar-refractivity contribution is -0.138. The van der Waals surface area contributed by atoms with E-state index in [0.29, 0.717) is 6.07 Å². The summed E-state index contributed by atoms with van der Waals surface area (Å²) in [7, 11) is 0. The van der Waals surface area contributed by atoms with Crippen molar-refractivity contribution in [2.24, 2.45) is 5.73 Å². The van der Waals surface area contributed by atoms with Crippen LogP contribution in [0.3, 0.4) is 0 Å². The van der Waals surface area contributed by atoms with Crippen LogP contribution in [0.1, 0.15) is 21.5 Å². The first-order chi connectivity index (χ1) is 6.86. The van der Waals surface area contributed by atoms with Crippen molar-refractivity contribution < 1.29 is 22.4 Å². The summed E-state index contributed by atoms with van der Waals surface area (Å²) in [5, 5.41) is 0. The number of nitrogens with two attached hydrogens (primary N) is 1. The third-order valence-electron chi connectivity index (χ3n) is 1.81. The average Bonchev–Trinajstić information content (AvgIpc) is 2.15. The molecular formula is C9H7F4NO.